The Labute approximate surface area is 440 Å². The maximum Gasteiger partial charge on any atom is 0.164 e. The molecule has 4 heteroatoms. The van der Waals surface area contributed by atoms with Crippen molar-refractivity contribution in [3.63, 3.8) is 0 Å². The van der Waals surface area contributed by atoms with E-state index in [1.54, 1.807) is 0 Å². The topological polar surface area (TPSA) is 43.6 Å². The van der Waals surface area contributed by atoms with Crippen molar-refractivity contribution in [3.05, 3.63) is 254 Å². The fourth-order valence-corrected chi connectivity index (χ4v) is 10.4. The first-order valence-corrected chi connectivity index (χ1v) is 26.0. The summed E-state index contributed by atoms with van der Waals surface area (Å²) in [5.74, 6) is 1.82. The van der Waals surface area contributed by atoms with Gasteiger partial charge in [0, 0.05) is 44.2 Å². The third-order valence-electron chi connectivity index (χ3n) is 14.6. The average molecular weight is 967 g/mol. The lowest BCUT2D eigenvalue weighted by atomic mass is 9.83. The number of hydrogen-bond acceptors (Lipinski definition) is 3. The van der Waals surface area contributed by atoms with Gasteiger partial charge >= 0.3 is 0 Å². The molecule has 0 aliphatic rings. The Balaban J connectivity index is 1.24. The number of rotatable bonds is 9. The summed E-state index contributed by atoms with van der Waals surface area (Å²) in [6.07, 6.45) is 0. The van der Waals surface area contributed by atoms with Gasteiger partial charge in [-0.3, -0.25) is 0 Å². The summed E-state index contributed by atoms with van der Waals surface area (Å²) in [4.78, 5) is 15.8. The first kappa shape index (κ1) is 47.0. The van der Waals surface area contributed by atoms with Gasteiger partial charge in [-0.05, 0) is 97.3 Å². The number of benzene rings is 10. The molecule has 0 saturated carbocycles. The van der Waals surface area contributed by atoms with Crippen LogP contribution in [0.15, 0.2) is 243 Å². The van der Waals surface area contributed by atoms with Gasteiger partial charge in [0.1, 0.15) is 0 Å². The molecule has 0 atom stereocenters. The predicted octanol–water partition coefficient (Wildman–Crippen LogP) is 18.9. The molecule has 0 amide bonds. The van der Waals surface area contributed by atoms with E-state index in [4.69, 9.17) is 15.0 Å². The lowest BCUT2D eigenvalue weighted by molar-refractivity contribution is 0.590. The van der Waals surface area contributed by atoms with Crippen LogP contribution in [-0.4, -0.2) is 19.5 Å². The van der Waals surface area contributed by atoms with E-state index in [-0.39, 0.29) is 10.8 Å². The van der Waals surface area contributed by atoms with Gasteiger partial charge < -0.3 is 4.57 Å². The van der Waals surface area contributed by atoms with Crippen molar-refractivity contribution >= 4 is 21.8 Å². The fourth-order valence-electron chi connectivity index (χ4n) is 10.4. The molecule has 2 aromatic heterocycles. The molecule has 0 aliphatic heterocycles. The zero-order valence-corrected chi connectivity index (χ0v) is 43.4. The second kappa shape index (κ2) is 19.1. The first-order chi connectivity index (χ1) is 36.4. The molecule has 12 aromatic rings. The summed E-state index contributed by atoms with van der Waals surface area (Å²) in [5, 5.41) is 2.44. The second-order valence-corrected chi connectivity index (χ2v) is 21.7. The molecule has 0 unspecified atom stereocenters. The van der Waals surface area contributed by atoms with E-state index in [0.29, 0.717) is 17.5 Å². The van der Waals surface area contributed by atoms with Crippen molar-refractivity contribution < 1.29 is 0 Å². The first-order valence-electron chi connectivity index (χ1n) is 26.0. The zero-order chi connectivity index (χ0) is 51.3. The van der Waals surface area contributed by atoms with Crippen LogP contribution in [0.3, 0.4) is 0 Å². The van der Waals surface area contributed by atoms with E-state index in [1.165, 1.54) is 44.2 Å². The van der Waals surface area contributed by atoms with Crippen molar-refractivity contribution in [2.45, 2.75) is 52.4 Å². The normalized spacial score (nSPS) is 11.9. The number of hydrogen-bond donors (Lipinski definition) is 0. The van der Waals surface area contributed by atoms with Gasteiger partial charge in [-0.1, -0.05) is 248 Å². The Morgan fingerprint density at radius 2 is 0.627 bits per heavy atom. The van der Waals surface area contributed by atoms with Crippen molar-refractivity contribution in [3.8, 4) is 95.5 Å². The minimum atomic E-state index is -0.117. The molecule has 12 rings (SSSR count). The maximum absolute atomic E-state index is 5.36. The number of fused-ring (bicyclic) bond motifs is 3. The Bertz CT molecular complexity index is 3840. The molecule has 0 bridgehead atoms. The van der Waals surface area contributed by atoms with Crippen LogP contribution in [0.5, 0.6) is 0 Å². The van der Waals surface area contributed by atoms with Gasteiger partial charge in [0.2, 0.25) is 0 Å². The summed E-state index contributed by atoms with van der Waals surface area (Å²) >= 11 is 0. The van der Waals surface area contributed by atoms with Crippen LogP contribution in [0.2, 0.25) is 0 Å². The molecule has 0 N–H and O–H groups in total. The number of aromatic nitrogens is 4. The Morgan fingerprint density at radius 3 is 1.05 bits per heavy atom. The van der Waals surface area contributed by atoms with Crippen molar-refractivity contribution in [1.82, 2.24) is 19.5 Å². The highest BCUT2D eigenvalue weighted by Crippen LogP contribution is 2.48. The molecular weight excluding hydrogens is 909 g/mol. The van der Waals surface area contributed by atoms with Crippen molar-refractivity contribution in [1.29, 1.82) is 0 Å². The Hall–Kier alpha value is -8.99. The summed E-state index contributed by atoms with van der Waals surface area (Å²) in [7, 11) is 0. The largest absolute Gasteiger partial charge is 0.307 e. The molecule has 0 saturated heterocycles. The molecule has 75 heavy (non-hydrogen) atoms. The highest BCUT2D eigenvalue weighted by Gasteiger charge is 2.28. The van der Waals surface area contributed by atoms with E-state index >= 15 is 0 Å². The van der Waals surface area contributed by atoms with Crippen LogP contribution in [-0.2, 0) is 10.8 Å². The zero-order valence-electron chi connectivity index (χ0n) is 43.4. The molecule has 0 aliphatic carbocycles. The second-order valence-electron chi connectivity index (χ2n) is 21.7. The smallest absolute Gasteiger partial charge is 0.164 e. The standard InChI is InChI=1S/C71H58N4/c1-70(2,3)57-40-41-64-62(44-57)63-46-58(71(4,5)6)45-61(51-26-16-9-17-27-51)66(63)75(64)65-59(52-36-32-49(33-37-52)47-22-12-7-13-23-47)42-56(43-60(65)53-38-34-50(35-39-53)48-24-14-8-15-25-48)69-73-67(54-28-18-10-19-29-54)72-68(74-69)55-30-20-11-21-31-55/h7-46H,1-6H3. The maximum atomic E-state index is 5.36. The molecule has 362 valence electrons. The van der Waals surface area contributed by atoms with Crippen molar-refractivity contribution in [2.24, 2.45) is 0 Å². The lowest BCUT2D eigenvalue weighted by Crippen LogP contribution is -2.11. The van der Waals surface area contributed by atoms with Crippen LogP contribution in [0.1, 0.15) is 52.7 Å². The Kier molecular flexibility index (Phi) is 12.0. The fraction of sp³-hybridized carbons (Fsp3) is 0.113. The van der Waals surface area contributed by atoms with Crippen LogP contribution in [0.25, 0.3) is 117 Å². The predicted molar refractivity (Wildman–Crippen MR) is 315 cm³/mol. The third kappa shape index (κ3) is 9.14. The highest BCUT2D eigenvalue weighted by atomic mass is 15.0. The lowest BCUT2D eigenvalue weighted by Gasteiger charge is -2.24. The summed E-state index contributed by atoms with van der Waals surface area (Å²) in [5.41, 5.74) is 19.7. The molecule has 10 aromatic carbocycles. The highest BCUT2D eigenvalue weighted by molar-refractivity contribution is 6.15. The number of nitrogens with zero attached hydrogens (tertiary/aromatic N) is 4. The summed E-state index contributed by atoms with van der Waals surface area (Å²) < 4.78 is 2.58. The van der Waals surface area contributed by atoms with Gasteiger partial charge in [0.15, 0.2) is 17.5 Å². The quantitative estimate of drug-likeness (QED) is 0.145. The van der Waals surface area contributed by atoms with E-state index < -0.39 is 0 Å². The monoisotopic (exact) mass is 966 g/mol. The van der Waals surface area contributed by atoms with Crippen LogP contribution in [0, 0.1) is 0 Å². The summed E-state index contributed by atoms with van der Waals surface area (Å²) in [6, 6.07) is 87.5. The SMILES string of the molecule is CC(C)(C)c1ccc2c(c1)c1cc(C(C)(C)C)cc(-c3ccccc3)c1n2-c1c(-c2ccc(-c3ccccc3)cc2)cc(-c2nc(-c3ccccc3)nc(-c3ccccc3)n2)cc1-c1ccc(-c2ccccc2)cc1. The van der Waals surface area contributed by atoms with Gasteiger partial charge in [0.25, 0.3) is 0 Å². The van der Waals surface area contributed by atoms with Gasteiger partial charge in [-0.25, -0.2) is 15.0 Å². The van der Waals surface area contributed by atoms with E-state index in [0.717, 1.165) is 66.8 Å². The Morgan fingerprint density at radius 1 is 0.280 bits per heavy atom. The minimum absolute atomic E-state index is 0.0762. The molecule has 2 heterocycles. The van der Waals surface area contributed by atoms with Gasteiger partial charge in [0.05, 0.1) is 16.7 Å². The van der Waals surface area contributed by atoms with E-state index in [1.807, 2.05) is 36.4 Å². The average Bonchev–Trinajstić information content (AvgIpc) is 3.78. The minimum Gasteiger partial charge on any atom is -0.307 e. The van der Waals surface area contributed by atoms with Gasteiger partial charge in [-0.15, -0.1) is 0 Å². The van der Waals surface area contributed by atoms with Crippen LogP contribution in [0.4, 0.5) is 0 Å². The van der Waals surface area contributed by atoms with Gasteiger partial charge in [-0.2, -0.15) is 0 Å². The van der Waals surface area contributed by atoms with E-state index in [9.17, 15) is 0 Å². The van der Waals surface area contributed by atoms with E-state index in [2.05, 4.69) is 252 Å². The molecular formula is C71H58N4. The van der Waals surface area contributed by atoms with Crippen LogP contribution < -0.4 is 0 Å². The molecule has 0 fully saturated rings. The van der Waals surface area contributed by atoms with Crippen molar-refractivity contribution in [2.75, 3.05) is 0 Å². The molecule has 0 radical (unpaired) electrons. The summed E-state index contributed by atoms with van der Waals surface area (Å²) in [6.45, 7) is 13.9. The molecule has 4 nitrogen and oxygen atoms in total. The van der Waals surface area contributed by atoms with Crippen LogP contribution >= 0.6 is 0 Å². The third-order valence-corrected chi connectivity index (χ3v) is 14.6. The molecule has 0 spiro atoms.